The fraction of sp³-hybridized carbons (Fsp3) is 0.273. The summed E-state index contributed by atoms with van der Waals surface area (Å²) in [5, 5.41) is 6.88. The zero-order chi connectivity index (χ0) is 12.3. The van der Waals surface area contributed by atoms with E-state index < -0.39 is 0 Å². The Bertz CT molecular complexity index is 495. The molecule has 0 radical (unpaired) electrons. The topological polar surface area (TPSA) is 46.9 Å². The van der Waals surface area contributed by atoms with Gasteiger partial charge in [-0.05, 0) is 25.1 Å². The van der Waals surface area contributed by atoms with E-state index >= 15 is 0 Å². The summed E-state index contributed by atoms with van der Waals surface area (Å²) in [7, 11) is 0. The first-order valence-electron chi connectivity index (χ1n) is 5.17. The second kappa shape index (κ2) is 5.33. The first-order valence-corrected chi connectivity index (χ1v) is 6.36. The van der Waals surface area contributed by atoms with Crippen molar-refractivity contribution in [2.75, 3.05) is 0 Å². The van der Waals surface area contributed by atoms with Gasteiger partial charge >= 0.3 is 0 Å². The van der Waals surface area contributed by atoms with Crippen molar-refractivity contribution >= 4 is 28.8 Å². The average molecular weight is 270 g/mol. The molecule has 1 unspecified atom stereocenters. The van der Waals surface area contributed by atoms with Crippen molar-refractivity contribution in [1.82, 2.24) is 15.1 Å². The van der Waals surface area contributed by atoms with E-state index in [-0.39, 0.29) is 18.5 Å². The van der Waals surface area contributed by atoms with Gasteiger partial charge in [-0.1, -0.05) is 11.6 Å². The predicted octanol–water partition coefficient (Wildman–Crippen LogP) is 2.48. The Morgan fingerprint density at radius 1 is 1.65 bits per heavy atom. The van der Waals surface area contributed by atoms with Crippen LogP contribution < -0.4 is 5.32 Å². The molecular formula is C11H12ClN3OS. The van der Waals surface area contributed by atoms with Gasteiger partial charge in [0.15, 0.2) is 0 Å². The minimum absolute atomic E-state index is 0.0319. The van der Waals surface area contributed by atoms with Crippen molar-refractivity contribution in [3.8, 4) is 0 Å². The van der Waals surface area contributed by atoms with E-state index in [0.717, 1.165) is 9.21 Å². The lowest BCUT2D eigenvalue weighted by molar-refractivity contribution is -0.122. The largest absolute Gasteiger partial charge is 0.347 e. The monoisotopic (exact) mass is 269 g/mol. The van der Waals surface area contributed by atoms with Crippen LogP contribution in [-0.2, 0) is 11.3 Å². The number of thiophene rings is 1. The first-order chi connectivity index (χ1) is 8.15. The molecule has 0 bridgehead atoms. The van der Waals surface area contributed by atoms with Crippen LogP contribution in [0.1, 0.15) is 17.8 Å². The molecule has 0 saturated carbocycles. The van der Waals surface area contributed by atoms with Gasteiger partial charge in [0.05, 0.1) is 10.4 Å². The highest BCUT2D eigenvalue weighted by Gasteiger charge is 2.11. The van der Waals surface area contributed by atoms with E-state index in [4.69, 9.17) is 11.6 Å². The van der Waals surface area contributed by atoms with Crippen molar-refractivity contribution in [3.05, 3.63) is 39.8 Å². The van der Waals surface area contributed by atoms with E-state index in [2.05, 4.69) is 10.4 Å². The smallest absolute Gasteiger partial charge is 0.242 e. The normalized spacial score (nSPS) is 12.4. The number of carbonyl (C=O) groups excluding carboxylic acids is 1. The van der Waals surface area contributed by atoms with Crippen molar-refractivity contribution < 1.29 is 4.79 Å². The van der Waals surface area contributed by atoms with Crippen molar-refractivity contribution in [2.24, 2.45) is 0 Å². The second-order valence-corrected chi connectivity index (χ2v) is 5.38. The molecule has 0 aliphatic rings. The number of amides is 1. The third-order valence-electron chi connectivity index (χ3n) is 2.26. The molecule has 90 valence electrons. The summed E-state index contributed by atoms with van der Waals surface area (Å²) in [5.74, 6) is -0.0641. The maximum Gasteiger partial charge on any atom is 0.242 e. The minimum Gasteiger partial charge on any atom is -0.347 e. The van der Waals surface area contributed by atoms with Crippen LogP contribution in [0.5, 0.6) is 0 Å². The molecule has 6 heteroatoms. The summed E-state index contributed by atoms with van der Waals surface area (Å²) >= 11 is 7.32. The van der Waals surface area contributed by atoms with Crippen LogP contribution in [-0.4, -0.2) is 15.7 Å². The van der Waals surface area contributed by atoms with Crippen LogP contribution in [0.15, 0.2) is 30.6 Å². The molecule has 17 heavy (non-hydrogen) atoms. The minimum atomic E-state index is -0.0641. The molecule has 0 fully saturated rings. The van der Waals surface area contributed by atoms with Gasteiger partial charge in [-0.2, -0.15) is 5.10 Å². The van der Waals surface area contributed by atoms with Crippen LogP contribution in [0.25, 0.3) is 0 Å². The Labute approximate surface area is 108 Å². The summed E-state index contributed by atoms with van der Waals surface area (Å²) in [6.07, 6.45) is 3.40. The van der Waals surface area contributed by atoms with Crippen LogP contribution in [0.3, 0.4) is 0 Å². The summed E-state index contributed by atoms with van der Waals surface area (Å²) in [6, 6.07) is 5.51. The number of hydrogen-bond acceptors (Lipinski definition) is 3. The van der Waals surface area contributed by atoms with Gasteiger partial charge in [0.1, 0.15) is 6.54 Å². The highest BCUT2D eigenvalue weighted by molar-refractivity contribution is 7.16. The number of aromatic nitrogens is 2. The highest BCUT2D eigenvalue weighted by Crippen LogP contribution is 2.26. The Balaban J connectivity index is 1.90. The van der Waals surface area contributed by atoms with Gasteiger partial charge in [-0.15, -0.1) is 11.3 Å². The van der Waals surface area contributed by atoms with E-state index in [0.29, 0.717) is 0 Å². The number of hydrogen-bond donors (Lipinski definition) is 1. The van der Waals surface area contributed by atoms with Gasteiger partial charge in [-0.3, -0.25) is 9.48 Å². The van der Waals surface area contributed by atoms with Crippen molar-refractivity contribution in [2.45, 2.75) is 19.5 Å². The lowest BCUT2D eigenvalue weighted by Gasteiger charge is -2.11. The van der Waals surface area contributed by atoms with Gasteiger partial charge in [0.2, 0.25) is 5.91 Å². The number of carbonyl (C=O) groups is 1. The summed E-state index contributed by atoms with van der Waals surface area (Å²) < 4.78 is 2.32. The molecule has 0 aliphatic carbocycles. The Kier molecular flexibility index (Phi) is 3.81. The molecule has 0 saturated heterocycles. The standard InChI is InChI=1S/C11H12ClN3OS/c1-8(9-3-4-10(12)17-9)14-11(16)7-15-6-2-5-13-15/h2-6,8H,7H2,1H3,(H,14,16). The first kappa shape index (κ1) is 12.1. The lowest BCUT2D eigenvalue weighted by atomic mass is 10.3. The van der Waals surface area contributed by atoms with Crippen LogP contribution in [0.2, 0.25) is 4.34 Å². The third kappa shape index (κ3) is 3.31. The molecule has 1 N–H and O–H groups in total. The zero-order valence-corrected chi connectivity index (χ0v) is 10.8. The van der Waals surface area contributed by atoms with Crippen LogP contribution in [0.4, 0.5) is 0 Å². The van der Waals surface area contributed by atoms with Crippen LogP contribution >= 0.6 is 22.9 Å². The SMILES string of the molecule is CC(NC(=O)Cn1cccn1)c1ccc(Cl)s1. The fourth-order valence-electron chi connectivity index (χ4n) is 1.46. The highest BCUT2D eigenvalue weighted by atomic mass is 35.5. The Morgan fingerprint density at radius 3 is 3.06 bits per heavy atom. The number of halogens is 1. The Morgan fingerprint density at radius 2 is 2.47 bits per heavy atom. The van der Waals surface area contributed by atoms with Crippen molar-refractivity contribution in [1.29, 1.82) is 0 Å². The van der Waals surface area contributed by atoms with E-state index in [9.17, 15) is 4.79 Å². The maximum atomic E-state index is 11.7. The molecule has 0 spiro atoms. The number of rotatable bonds is 4. The maximum absolute atomic E-state index is 11.7. The summed E-state index contributed by atoms with van der Waals surface area (Å²) in [6.45, 7) is 2.17. The van der Waals surface area contributed by atoms with Crippen LogP contribution in [0, 0.1) is 0 Å². The fourth-order valence-corrected chi connectivity index (χ4v) is 2.52. The van der Waals surface area contributed by atoms with Crippen molar-refractivity contribution in [3.63, 3.8) is 0 Å². The van der Waals surface area contributed by atoms with Gasteiger partial charge < -0.3 is 5.32 Å². The molecule has 2 heterocycles. The summed E-state index contributed by atoms with van der Waals surface area (Å²) in [5.41, 5.74) is 0. The molecule has 2 aromatic heterocycles. The number of nitrogens with one attached hydrogen (secondary N) is 1. The molecule has 0 aromatic carbocycles. The molecule has 0 aliphatic heterocycles. The van der Waals surface area contributed by atoms with E-state index in [1.54, 1.807) is 23.1 Å². The summed E-state index contributed by atoms with van der Waals surface area (Å²) in [4.78, 5) is 12.7. The molecule has 1 amide bonds. The zero-order valence-electron chi connectivity index (χ0n) is 9.26. The van der Waals surface area contributed by atoms with Gasteiger partial charge in [-0.25, -0.2) is 0 Å². The number of nitrogens with zero attached hydrogens (tertiary/aromatic N) is 2. The third-order valence-corrected chi connectivity index (χ3v) is 3.68. The molecule has 2 rings (SSSR count). The molecular weight excluding hydrogens is 258 g/mol. The molecule has 1 atom stereocenters. The van der Waals surface area contributed by atoms with Gasteiger partial charge in [0, 0.05) is 17.3 Å². The van der Waals surface area contributed by atoms with Gasteiger partial charge in [0.25, 0.3) is 0 Å². The lowest BCUT2D eigenvalue weighted by Crippen LogP contribution is -2.29. The molecule has 4 nitrogen and oxygen atoms in total. The molecule has 2 aromatic rings. The van der Waals surface area contributed by atoms with E-state index in [1.165, 1.54) is 11.3 Å². The average Bonchev–Trinajstić information content (AvgIpc) is 2.89. The Hall–Kier alpha value is -1.33. The predicted molar refractivity (Wildman–Crippen MR) is 68.1 cm³/mol. The second-order valence-electron chi connectivity index (χ2n) is 3.63. The van der Waals surface area contributed by atoms with E-state index in [1.807, 2.05) is 19.1 Å². The quantitative estimate of drug-likeness (QED) is 0.927.